The molecule has 3 heterocycles. The molecule has 5 atom stereocenters. The third-order valence-electron chi connectivity index (χ3n) is 10.9. The number of nitrogens with one attached hydrogen (secondary N) is 1. The molecule has 2 N–H and O–H groups in total. The number of thioether (sulfide) groups is 1. The summed E-state index contributed by atoms with van der Waals surface area (Å²) in [6.07, 6.45) is 5.42. The number of rotatable bonds is 14. The molecule has 52 heavy (non-hydrogen) atoms. The van der Waals surface area contributed by atoms with Gasteiger partial charge < -0.3 is 23.9 Å². The van der Waals surface area contributed by atoms with E-state index in [0.717, 1.165) is 48.1 Å². The monoisotopic (exact) mass is 719 g/mol. The van der Waals surface area contributed by atoms with E-state index in [2.05, 4.69) is 99.6 Å². The molecular formula is C41H45N5O5S. The SMILES string of the molecule is CCCCCCSc1nc(NC(=O)O)c2ncn([C@H]3[C@@H]4OC(C)(C)O[C@@H]4[C@]4(COC(c5ccccc5)(c5ccccc5)c5ccccc5)C[C@H]34)c2n1. The highest BCUT2D eigenvalue weighted by molar-refractivity contribution is 7.99. The van der Waals surface area contributed by atoms with Crippen LogP contribution in [0.15, 0.2) is 102 Å². The molecule has 10 nitrogen and oxygen atoms in total. The molecule has 270 valence electrons. The first-order chi connectivity index (χ1) is 25.3. The van der Waals surface area contributed by atoms with Crippen molar-refractivity contribution in [2.45, 2.75) is 87.7 Å². The molecule has 8 rings (SSSR count). The number of anilines is 1. The zero-order chi connectivity index (χ0) is 35.9. The second-order valence-electron chi connectivity index (χ2n) is 14.6. The Morgan fingerprint density at radius 3 is 2.17 bits per heavy atom. The molecule has 5 aromatic rings. The zero-order valence-corrected chi connectivity index (χ0v) is 30.6. The van der Waals surface area contributed by atoms with E-state index in [1.807, 2.05) is 32.0 Å². The highest BCUT2D eigenvalue weighted by Crippen LogP contribution is 2.72. The minimum Gasteiger partial charge on any atom is -0.465 e. The quantitative estimate of drug-likeness (QED) is 0.0503. The number of imidazole rings is 1. The van der Waals surface area contributed by atoms with Crippen molar-refractivity contribution in [2.75, 3.05) is 17.7 Å². The summed E-state index contributed by atoms with van der Waals surface area (Å²) in [6, 6.07) is 31.1. The van der Waals surface area contributed by atoms with E-state index < -0.39 is 17.5 Å². The summed E-state index contributed by atoms with van der Waals surface area (Å²) >= 11 is 1.54. The summed E-state index contributed by atoms with van der Waals surface area (Å²) in [5.41, 5.74) is 2.93. The number of carboxylic acid groups (broad SMARTS) is 1. The molecule has 1 aliphatic heterocycles. The van der Waals surface area contributed by atoms with Gasteiger partial charge in [-0.1, -0.05) is 129 Å². The lowest BCUT2D eigenvalue weighted by atomic mass is 9.80. The summed E-state index contributed by atoms with van der Waals surface area (Å²) in [5.74, 6) is 0.381. The van der Waals surface area contributed by atoms with Gasteiger partial charge in [0.25, 0.3) is 0 Å². The maximum atomic E-state index is 11.8. The summed E-state index contributed by atoms with van der Waals surface area (Å²) in [4.78, 5) is 26.1. The van der Waals surface area contributed by atoms with Crippen LogP contribution in [0.1, 0.15) is 75.6 Å². The number of aromatic nitrogens is 4. The fraction of sp³-hybridized carbons (Fsp3) is 0.415. The van der Waals surface area contributed by atoms with Gasteiger partial charge in [0, 0.05) is 11.2 Å². The van der Waals surface area contributed by atoms with Gasteiger partial charge >= 0.3 is 6.09 Å². The van der Waals surface area contributed by atoms with Crippen LogP contribution < -0.4 is 5.32 Å². The number of nitrogens with zero attached hydrogens (tertiary/aromatic N) is 4. The lowest BCUT2D eigenvalue weighted by molar-refractivity contribution is -0.166. The molecule has 11 heteroatoms. The Bertz CT molecular complexity index is 1930. The Morgan fingerprint density at radius 2 is 1.58 bits per heavy atom. The predicted molar refractivity (Wildman–Crippen MR) is 200 cm³/mol. The standard InChI is InChI=1S/C41H45N5O5S/c1-4-5-6-16-23-52-37-43-35(44-38(47)48)31-36(45-37)46(26-42-31)32-30-24-40(30,34-33(32)50-39(2,3)51-34)25-49-41(27-17-10-7-11-18-27,28-19-12-8-13-20-28)29-21-14-9-15-22-29/h7-15,17-22,26,30,32-34H,4-6,16,23-25H2,1-3H3,(H,47,48)(H,43,44,45)/t30-,32-,33+,34+,40+/m1/s1. The first kappa shape index (κ1) is 34.8. The summed E-state index contributed by atoms with van der Waals surface area (Å²) in [6.45, 7) is 6.55. The molecule has 2 saturated carbocycles. The third kappa shape index (κ3) is 6.17. The smallest absolute Gasteiger partial charge is 0.410 e. The number of benzene rings is 3. The van der Waals surface area contributed by atoms with Crippen LogP contribution in [0, 0.1) is 11.3 Å². The van der Waals surface area contributed by atoms with Gasteiger partial charge in [-0.15, -0.1) is 0 Å². The highest BCUT2D eigenvalue weighted by atomic mass is 32.2. The van der Waals surface area contributed by atoms with Crippen LogP contribution in [0.2, 0.25) is 0 Å². The van der Waals surface area contributed by atoms with Crippen LogP contribution in [-0.2, 0) is 19.8 Å². The van der Waals surface area contributed by atoms with Crippen molar-refractivity contribution in [1.29, 1.82) is 0 Å². The van der Waals surface area contributed by atoms with Crippen molar-refractivity contribution >= 4 is 34.8 Å². The molecule has 1 saturated heterocycles. The Balaban J connectivity index is 1.17. The molecule has 2 aliphatic carbocycles. The molecule has 2 aromatic heterocycles. The maximum absolute atomic E-state index is 11.8. The molecular weight excluding hydrogens is 675 g/mol. The first-order valence-corrected chi connectivity index (χ1v) is 19.3. The second kappa shape index (κ2) is 13.9. The van der Waals surface area contributed by atoms with E-state index in [9.17, 15) is 9.90 Å². The number of unbranched alkanes of at least 4 members (excludes halogenated alkanes) is 3. The molecule has 0 unspecified atom stereocenters. The molecule has 3 aromatic carbocycles. The maximum Gasteiger partial charge on any atom is 0.410 e. The zero-order valence-electron chi connectivity index (χ0n) is 29.8. The largest absolute Gasteiger partial charge is 0.465 e. The topological polar surface area (TPSA) is 121 Å². The van der Waals surface area contributed by atoms with E-state index in [1.165, 1.54) is 6.42 Å². The average Bonchev–Trinajstić information content (AvgIpc) is 3.41. The number of ether oxygens (including phenoxy) is 3. The van der Waals surface area contributed by atoms with Gasteiger partial charge in [-0.2, -0.15) is 0 Å². The molecule has 0 radical (unpaired) electrons. The molecule has 3 aliphatic rings. The Hall–Kier alpha value is -4.29. The number of amides is 1. The van der Waals surface area contributed by atoms with E-state index in [1.54, 1.807) is 18.1 Å². The van der Waals surface area contributed by atoms with Crippen LogP contribution in [0.5, 0.6) is 0 Å². The lowest BCUT2D eigenvalue weighted by Gasteiger charge is -2.38. The van der Waals surface area contributed by atoms with E-state index in [0.29, 0.717) is 22.9 Å². The van der Waals surface area contributed by atoms with Gasteiger partial charge in [-0.25, -0.2) is 19.7 Å². The van der Waals surface area contributed by atoms with Crippen molar-refractivity contribution < 1.29 is 24.1 Å². The van der Waals surface area contributed by atoms with Gasteiger partial charge in [-0.05, 0) is 49.3 Å². The molecule has 0 spiro atoms. The van der Waals surface area contributed by atoms with Crippen LogP contribution in [0.25, 0.3) is 11.2 Å². The normalized spacial score (nSPS) is 24.4. The Labute approximate surface area is 308 Å². The minimum atomic E-state index is -1.19. The van der Waals surface area contributed by atoms with E-state index in [4.69, 9.17) is 19.2 Å². The summed E-state index contributed by atoms with van der Waals surface area (Å²) in [7, 11) is 0. The number of carbonyl (C=O) groups is 1. The van der Waals surface area contributed by atoms with E-state index >= 15 is 0 Å². The van der Waals surface area contributed by atoms with Gasteiger partial charge in [0.05, 0.1) is 25.1 Å². The number of hydrogen-bond donors (Lipinski definition) is 2. The highest BCUT2D eigenvalue weighted by Gasteiger charge is 2.76. The van der Waals surface area contributed by atoms with Crippen LogP contribution in [0.4, 0.5) is 10.6 Å². The fourth-order valence-corrected chi connectivity index (χ4v) is 9.36. The number of fused-ring (bicyclic) bond motifs is 4. The van der Waals surface area contributed by atoms with Crippen molar-refractivity contribution in [3.8, 4) is 0 Å². The predicted octanol–water partition coefficient (Wildman–Crippen LogP) is 8.68. The summed E-state index contributed by atoms with van der Waals surface area (Å²) < 4.78 is 23.0. The van der Waals surface area contributed by atoms with Gasteiger partial charge in [0.2, 0.25) is 0 Å². The molecule has 1 amide bonds. The van der Waals surface area contributed by atoms with E-state index in [-0.39, 0.29) is 35.4 Å². The fourth-order valence-electron chi connectivity index (χ4n) is 8.52. The minimum absolute atomic E-state index is 0.145. The lowest BCUT2D eigenvalue weighted by Crippen LogP contribution is -2.39. The Kier molecular flexibility index (Phi) is 9.31. The van der Waals surface area contributed by atoms with Crippen LogP contribution in [0.3, 0.4) is 0 Å². The van der Waals surface area contributed by atoms with Crippen LogP contribution >= 0.6 is 11.8 Å². The van der Waals surface area contributed by atoms with Crippen molar-refractivity contribution in [2.24, 2.45) is 11.3 Å². The number of hydrogen-bond acceptors (Lipinski definition) is 8. The second-order valence-corrected chi connectivity index (χ2v) is 15.7. The van der Waals surface area contributed by atoms with Crippen molar-refractivity contribution in [1.82, 2.24) is 19.5 Å². The third-order valence-corrected chi connectivity index (χ3v) is 11.8. The van der Waals surface area contributed by atoms with Gasteiger partial charge in [0.1, 0.15) is 11.7 Å². The summed E-state index contributed by atoms with van der Waals surface area (Å²) in [5, 5.41) is 12.7. The van der Waals surface area contributed by atoms with Gasteiger partial charge in [0.15, 0.2) is 27.9 Å². The van der Waals surface area contributed by atoms with Crippen molar-refractivity contribution in [3.63, 3.8) is 0 Å². The first-order valence-electron chi connectivity index (χ1n) is 18.3. The molecule has 3 fully saturated rings. The van der Waals surface area contributed by atoms with Crippen LogP contribution in [-0.4, -0.2) is 61.1 Å². The molecule has 0 bridgehead atoms. The van der Waals surface area contributed by atoms with Gasteiger partial charge in [-0.3, -0.25) is 5.32 Å². The average molecular weight is 720 g/mol. The van der Waals surface area contributed by atoms with Crippen molar-refractivity contribution in [3.05, 3.63) is 114 Å². The Morgan fingerprint density at radius 1 is 0.942 bits per heavy atom.